The van der Waals surface area contributed by atoms with Gasteiger partial charge in [0.25, 0.3) is 0 Å². The van der Waals surface area contributed by atoms with E-state index in [1.165, 1.54) is 6.92 Å². The van der Waals surface area contributed by atoms with Crippen LogP contribution >= 0.6 is 0 Å². The zero-order valence-corrected chi connectivity index (χ0v) is 16.4. The van der Waals surface area contributed by atoms with Crippen molar-refractivity contribution in [1.82, 2.24) is 9.97 Å². The van der Waals surface area contributed by atoms with E-state index in [4.69, 9.17) is 9.47 Å². The normalized spacial score (nSPS) is 12.8. The molecule has 2 N–H and O–H groups in total. The number of aliphatic hydroxyl groups is 1. The lowest BCUT2D eigenvalue weighted by molar-refractivity contribution is -0.150. The van der Waals surface area contributed by atoms with Gasteiger partial charge in [-0.2, -0.15) is 5.26 Å². The summed E-state index contributed by atoms with van der Waals surface area (Å²) in [5.74, 6) is -0.252. The molecule has 0 aliphatic heterocycles. The molecule has 0 aliphatic carbocycles. The van der Waals surface area contributed by atoms with E-state index in [0.29, 0.717) is 11.3 Å². The Bertz CT molecular complexity index is 1090. The largest absolute Gasteiger partial charge is 0.507 e. The van der Waals surface area contributed by atoms with E-state index in [0.717, 1.165) is 16.6 Å². The number of aliphatic hydroxyl groups excluding tert-OH is 1. The smallest absolute Gasteiger partial charge is 0.344 e. The van der Waals surface area contributed by atoms with E-state index in [9.17, 15) is 15.2 Å². The number of hydrogen-bond donors (Lipinski definition) is 2. The van der Waals surface area contributed by atoms with Crippen LogP contribution in [0.25, 0.3) is 16.6 Å². The first-order valence-electron chi connectivity index (χ1n) is 9.07. The van der Waals surface area contributed by atoms with Crippen molar-refractivity contribution >= 4 is 22.6 Å². The number of allylic oxidation sites excluding steroid dienone is 1. The van der Waals surface area contributed by atoms with Crippen LogP contribution in [-0.2, 0) is 9.53 Å². The van der Waals surface area contributed by atoms with Gasteiger partial charge in [-0.3, -0.25) is 0 Å². The first-order valence-corrected chi connectivity index (χ1v) is 9.07. The van der Waals surface area contributed by atoms with Crippen LogP contribution in [0.4, 0.5) is 0 Å². The molecule has 0 saturated heterocycles. The number of carbonyl (C=O) groups excluding carboxylic acids is 1. The molecule has 148 valence electrons. The van der Waals surface area contributed by atoms with Crippen LogP contribution < -0.4 is 4.74 Å². The summed E-state index contributed by atoms with van der Waals surface area (Å²) in [4.78, 5) is 19.4. The Morgan fingerprint density at radius 3 is 2.72 bits per heavy atom. The van der Waals surface area contributed by atoms with Crippen molar-refractivity contribution in [2.75, 3.05) is 6.61 Å². The number of imidazole rings is 1. The highest BCUT2D eigenvalue weighted by molar-refractivity contribution is 5.83. The number of nitrogens with one attached hydrogen (secondary N) is 1. The topological polar surface area (TPSA) is 108 Å². The maximum Gasteiger partial charge on any atom is 0.344 e. The number of fused-ring (bicyclic) bond motifs is 1. The van der Waals surface area contributed by atoms with E-state index in [-0.39, 0.29) is 23.8 Å². The van der Waals surface area contributed by atoms with Crippen LogP contribution in [0.15, 0.2) is 48.2 Å². The van der Waals surface area contributed by atoms with Gasteiger partial charge in [-0.1, -0.05) is 29.8 Å². The number of aryl methyl sites for hydroxylation is 2. The number of esters is 1. The number of benzene rings is 2. The second-order valence-corrected chi connectivity index (χ2v) is 6.66. The van der Waals surface area contributed by atoms with Gasteiger partial charge in [0.05, 0.1) is 11.0 Å². The Morgan fingerprint density at radius 1 is 1.28 bits per heavy atom. The summed E-state index contributed by atoms with van der Waals surface area (Å²) in [6.07, 6.45) is -1.03. The van der Waals surface area contributed by atoms with Gasteiger partial charge in [-0.05, 0) is 44.5 Å². The summed E-state index contributed by atoms with van der Waals surface area (Å²) in [5.41, 5.74) is 3.31. The molecule has 0 saturated carbocycles. The summed E-state index contributed by atoms with van der Waals surface area (Å²) in [7, 11) is 0. The lowest BCUT2D eigenvalue weighted by Gasteiger charge is -2.14. The second-order valence-electron chi connectivity index (χ2n) is 6.66. The number of aromatic amines is 1. The van der Waals surface area contributed by atoms with E-state index in [1.54, 1.807) is 12.1 Å². The van der Waals surface area contributed by atoms with Crippen molar-refractivity contribution in [3.05, 3.63) is 65.2 Å². The summed E-state index contributed by atoms with van der Waals surface area (Å²) < 4.78 is 10.7. The molecule has 3 rings (SSSR count). The number of ether oxygens (including phenoxy) is 2. The Balaban J connectivity index is 1.69. The third-order valence-corrected chi connectivity index (χ3v) is 4.36. The molecule has 0 amide bonds. The van der Waals surface area contributed by atoms with Crippen molar-refractivity contribution in [3.63, 3.8) is 0 Å². The summed E-state index contributed by atoms with van der Waals surface area (Å²) >= 11 is 0. The lowest BCUT2D eigenvalue weighted by atomic mass is 10.1. The number of nitrogens with zero attached hydrogens (tertiary/aromatic N) is 2. The van der Waals surface area contributed by atoms with E-state index in [1.807, 2.05) is 50.2 Å². The predicted octanol–water partition coefficient (Wildman–Crippen LogP) is 3.98. The first kappa shape index (κ1) is 20.0. The van der Waals surface area contributed by atoms with Gasteiger partial charge in [0.2, 0.25) is 0 Å². The average molecular weight is 391 g/mol. The molecule has 0 aliphatic rings. The maximum atomic E-state index is 12.1. The van der Waals surface area contributed by atoms with Gasteiger partial charge < -0.3 is 19.6 Å². The van der Waals surface area contributed by atoms with Gasteiger partial charge in [-0.25, -0.2) is 9.78 Å². The van der Waals surface area contributed by atoms with Crippen molar-refractivity contribution in [2.45, 2.75) is 26.9 Å². The highest BCUT2D eigenvalue weighted by atomic mass is 16.6. The van der Waals surface area contributed by atoms with Crippen LogP contribution in [0.2, 0.25) is 0 Å². The SMILES string of the molecule is Cc1ccc(OCC(=O)O[C@H](C)/C(O)=C(\C#N)c2nc3ccccc3[nH]2)c(C)c1. The van der Waals surface area contributed by atoms with E-state index in [2.05, 4.69) is 9.97 Å². The third kappa shape index (κ3) is 4.55. The van der Waals surface area contributed by atoms with Gasteiger partial charge in [0.1, 0.15) is 17.4 Å². The quantitative estimate of drug-likeness (QED) is 0.374. The van der Waals surface area contributed by atoms with Crippen molar-refractivity contribution in [2.24, 2.45) is 0 Å². The number of carbonyl (C=O) groups is 1. The summed E-state index contributed by atoms with van der Waals surface area (Å²) in [5, 5.41) is 19.9. The maximum absolute atomic E-state index is 12.1. The zero-order valence-electron chi connectivity index (χ0n) is 16.4. The zero-order chi connectivity index (χ0) is 21.0. The third-order valence-electron chi connectivity index (χ3n) is 4.36. The number of H-pyrrole nitrogens is 1. The molecule has 1 atom stereocenters. The fraction of sp³-hybridized carbons (Fsp3) is 0.227. The Kier molecular flexibility index (Phi) is 5.84. The Labute approximate surface area is 168 Å². The molecular weight excluding hydrogens is 370 g/mol. The molecule has 0 fully saturated rings. The Hall–Kier alpha value is -3.79. The number of aromatic nitrogens is 2. The van der Waals surface area contributed by atoms with Gasteiger partial charge in [0.15, 0.2) is 24.3 Å². The minimum Gasteiger partial charge on any atom is -0.507 e. The fourth-order valence-corrected chi connectivity index (χ4v) is 2.89. The molecule has 1 aromatic heterocycles. The van der Waals surface area contributed by atoms with Crippen LogP contribution in [-0.4, -0.2) is 33.8 Å². The number of rotatable bonds is 6. The lowest BCUT2D eigenvalue weighted by Crippen LogP contribution is -2.23. The predicted molar refractivity (Wildman–Crippen MR) is 108 cm³/mol. The molecular formula is C22H21N3O4. The summed E-state index contributed by atoms with van der Waals surface area (Å²) in [6, 6.07) is 14.8. The van der Waals surface area contributed by atoms with Crippen LogP contribution in [0, 0.1) is 25.2 Å². The van der Waals surface area contributed by atoms with Gasteiger partial charge in [0, 0.05) is 0 Å². The molecule has 0 spiro atoms. The molecule has 3 aromatic rings. The average Bonchev–Trinajstić information content (AvgIpc) is 3.11. The van der Waals surface area contributed by atoms with E-state index < -0.39 is 12.1 Å². The number of hydrogen-bond acceptors (Lipinski definition) is 6. The molecule has 2 aromatic carbocycles. The molecule has 1 heterocycles. The molecule has 7 heteroatoms. The molecule has 29 heavy (non-hydrogen) atoms. The second kappa shape index (κ2) is 8.48. The minimum absolute atomic E-state index is 0.0863. The van der Waals surface area contributed by atoms with Crippen LogP contribution in [0.3, 0.4) is 0 Å². The standard InChI is InChI=1S/C22H21N3O4/c1-13-8-9-19(14(2)10-13)28-12-20(26)29-15(3)21(27)16(11-23)22-24-17-6-4-5-7-18(17)25-22/h4-10,15,27H,12H2,1-3H3,(H,24,25)/b21-16-/t15-/m1/s1. The fourth-order valence-electron chi connectivity index (χ4n) is 2.89. The van der Waals surface area contributed by atoms with Crippen molar-refractivity contribution in [3.8, 4) is 11.8 Å². The highest BCUT2D eigenvalue weighted by Crippen LogP contribution is 2.22. The molecule has 0 radical (unpaired) electrons. The van der Waals surface area contributed by atoms with Gasteiger partial charge in [-0.15, -0.1) is 0 Å². The number of nitriles is 1. The van der Waals surface area contributed by atoms with Crippen LogP contribution in [0.5, 0.6) is 5.75 Å². The monoisotopic (exact) mass is 391 g/mol. The minimum atomic E-state index is -1.03. The number of para-hydroxylation sites is 2. The molecule has 7 nitrogen and oxygen atoms in total. The molecule has 0 bridgehead atoms. The summed E-state index contributed by atoms with van der Waals surface area (Å²) in [6.45, 7) is 5.02. The van der Waals surface area contributed by atoms with Gasteiger partial charge >= 0.3 is 5.97 Å². The highest BCUT2D eigenvalue weighted by Gasteiger charge is 2.21. The Morgan fingerprint density at radius 2 is 2.03 bits per heavy atom. The van der Waals surface area contributed by atoms with E-state index >= 15 is 0 Å². The first-order chi connectivity index (χ1) is 13.9. The van der Waals surface area contributed by atoms with Crippen LogP contribution in [0.1, 0.15) is 23.9 Å². The molecule has 0 unspecified atom stereocenters. The van der Waals surface area contributed by atoms with Crippen molar-refractivity contribution in [1.29, 1.82) is 5.26 Å². The van der Waals surface area contributed by atoms with Crippen molar-refractivity contribution < 1.29 is 19.4 Å².